The van der Waals surface area contributed by atoms with Crippen molar-refractivity contribution in [3.63, 3.8) is 0 Å². The lowest BCUT2D eigenvalue weighted by atomic mass is 9.85. The summed E-state index contributed by atoms with van der Waals surface area (Å²) in [7, 11) is 0. The van der Waals surface area contributed by atoms with Gasteiger partial charge in [0.15, 0.2) is 0 Å². The van der Waals surface area contributed by atoms with Crippen molar-refractivity contribution in [1.82, 2.24) is 0 Å². The van der Waals surface area contributed by atoms with Crippen LogP contribution in [0.3, 0.4) is 0 Å². The molecule has 1 fully saturated rings. The van der Waals surface area contributed by atoms with Crippen molar-refractivity contribution < 1.29 is 15.0 Å². The normalized spacial score (nSPS) is 23.1. The van der Waals surface area contributed by atoms with Crippen LogP contribution in [0.25, 0.3) is 0 Å². The molecule has 0 bridgehead atoms. The largest absolute Gasteiger partial charge is 0.478 e. The Bertz CT molecular complexity index is 464. The van der Waals surface area contributed by atoms with Crippen LogP contribution >= 0.6 is 11.6 Å². The highest BCUT2D eigenvalue weighted by Gasteiger charge is 2.25. The van der Waals surface area contributed by atoms with Crippen molar-refractivity contribution in [3.05, 3.63) is 28.8 Å². The molecule has 1 aromatic carbocycles. The van der Waals surface area contributed by atoms with Crippen LogP contribution in [-0.2, 0) is 0 Å². The van der Waals surface area contributed by atoms with Crippen LogP contribution in [-0.4, -0.2) is 28.8 Å². The van der Waals surface area contributed by atoms with Crippen molar-refractivity contribution >= 4 is 23.3 Å². The van der Waals surface area contributed by atoms with Gasteiger partial charge in [-0.3, -0.25) is 0 Å². The number of aromatic carboxylic acids is 1. The second kappa shape index (κ2) is 6.26. The van der Waals surface area contributed by atoms with Crippen molar-refractivity contribution in [2.45, 2.75) is 31.7 Å². The Morgan fingerprint density at radius 3 is 2.79 bits per heavy atom. The lowest BCUT2D eigenvalue weighted by Crippen LogP contribution is -2.34. The van der Waals surface area contributed by atoms with E-state index in [1.54, 1.807) is 12.1 Å². The summed E-state index contributed by atoms with van der Waals surface area (Å²) < 4.78 is 0. The van der Waals surface area contributed by atoms with Crippen LogP contribution in [0.1, 0.15) is 36.0 Å². The number of rotatable bonds is 4. The molecule has 0 spiro atoms. The highest BCUT2D eigenvalue weighted by molar-refractivity contribution is 6.31. The van der Waals surface area contributed by atoms with Gasteiger partial charge < -0.3 is 15.5 Å². The van der Waals surface area contributed by atoms with E-state index in [0.29, 0.717) is 10.7 Å². The molecule has 1 aliphatic rings. The first-order valence-electron chi connectivity index (χ1n) is 6.52. The quantitative estimate of drug-likeness (QED) is 0.794. The number of benzene rings is 1. The summed E-state index contributed by atoms with van der Waals surface area (Å²) in [5.74, 6) is -0.801. The third-order valence-electron chi connectivity index (χ3n) is 3.70. The van der Waals surface area contributed by atoms with Crippen LogP contribution in [0.15, 0.2) is 18.2 Å². The molecule has 0 saturated heterocycles. The number of anilines is 1. The van der Waals surface area contributed by atoms with Crippen molar-refractivity contribution in [3.8, 4) is 0 Å². The van der Waals surface area contributed by atoms with Crippen LogP contribution in [0.5, 0.6) is 0 Å². The summed E-state index contributed by atoms with van der Waals surface area (Å²) in [5, 5.41) is 22.3. The van der Waals surface area contributed by atoms with Crippen LogP contribution in [0, 0.1) is 5.92 Å². The molecule has 0 amide bonds. The van der Waals surface area contributed by atoms with E-state index < -0.39 is 5.97 Å². The summed E-state index contributed by atoms with van der Waals surface area (Å²) in [6, 6.07) is 4.81. The smallest absolute Gasteiger partial charge is 0.337 e. The summed E-state index contributed by atoms with van der Waals surface area (Å²) in [6.45, 7) is 0.126. The van der Waals surface area contributed by atoms with E-state index in [1.165, 1.54) is 6.07 Å². The highest BCUT2D eigenvalue weighted by Crippen LogP contribution is 2.29. The Morgan fingerprint density at radius 1 is 1.37 bits per heavy atom. The van der Waals surface area contributed by atoms with E-state index >= 15 is 0 Å². The van der Waals surface area contributed by atoms with Crippen LogP contribution < -0.4 is 5.32 Å². The molecule has 5 heteroatoms. The van der Waals surface area contributed by atoms with E-state index in [0.717, 1.165) is 25.7 Å². The summed E-state index contributed by atoms with van der Waals surface area (Å²) in [4.78, 5) is 11.2. The van der Waals surface area contributed by atoms with E-state index in [2.05, 4.69) is 5.32 Å². The molecular formula is C14H18ClNO3. The zero-order valence-corrected chi connectivity index (χ0v) is 11.4. The SMILES string of the molecule is O=C(O)c1ccc(Cl)cc1NC1CCCCC1CO. The molecule has 2 rings (SSSR count). The zero-order chi connectivity index (χ0) is 13.8. The average molecular weight is 284 g/mol. The molecule has 1 aliphatic carbocycles. The number of halogens is 1. The lowest BCUT2D eigenvalue weighted by Gasteiger charge is -2.32. The minimum Gasteiger partial charge on any atom is -0.478 e. The number of hydrogen-bond donors (Lipinski definition) is 3. The van der Waals surface area contributed by atoms with Gasteiger partial charge in [-0.25, -0.2) is 4.79 Å². The molecule has 0 aromatic heterocycles. The van der Waals surface area contributed by atoms with Gasteiger partial charge in [-0.05, 0) is 31.0 Å². The van der Waals surface area contributed by atoms with Gasteiger partial charge >= 0.3 is 5.97 Å². The number of hydrogen-bond acceptors (Lipinski definition) is 3. The molecule has 1 saturated carbocycles. The van der Waals surface area contributed by atoms with Crippen molar-refractivity contribution in [2.24, 2.45) is 5.92 Å². The first kappa shape index (κ1) is 14.2. The molecule has 1 aromatic rings. The lowest BCUT2D eigenvalue weighted by molar-refractivity contribution is 0.0698. The third kappa shape index (κ3) is 3.39. The topological polar surface area (TPSA) is 69.6 Å². The maximum Gasteiger partial charge on any atom is 0.337 e. The zero-order valence-electron chi connectivity index (χ0n) is 10.6. The summed E-state index contributed by atoms with van der Waals surface area (Å²) >= 11 is 5.93. The van der Waals surface area contributed by atoms with Gasteiger partial charge in [0.05, 0.1) is 11.3 Å². The van der Waals surface area contributed by atoms with Gasteiger partial charge in [0.1, 0.15) is 0 Å². The minimum absolute atomic E-state index is 0.107. The number of aliphatic hydroxyl groups is 1. The van der Waals surface area contributed by atoms with Crippen LogP contribution in [0.4, 0.5) is 5.69 Å². The fourth-order valence-corrected chi connectivity index (χ4v) is 2.81. The van der Waals surface area contributed by atoms with E-state index in [4.69, 9.17) is 11.6 Å². The first-order chi connectivity index (χ1) is 9.11. The monoisotopic (exact) mass is 283 g/mol. The van der Waals surface area contributed by atoms with Crippen molar-refractivity contribution in [2.75, 3.05) is 11.9 Å². The standard InChI is InChI=1S/C14H18ClNO3/c15-10-5-6-11(14(18)19)13(7-10)16-12-4-2-1-3-9(12)8-17/h5-7,9,12,16-17H,1-4,8H2,(H,18,19). The number of aliphatic hydroxyl groups excluding tert-OH is 1. The fraction of sp³-hybridized carbons (Fsp3) is 0.500. The average Bonchev–Trinajstić information content (AvgIpc) is 2.39. The molecule has 104 valence electrons. The Morgan fingerprint density at radius 2 is 2.11 bits per heavy atom. The fourth-order valence-electron chi connectivity index (χ4n) is 2.64. The molecule has 3 N–H and O–H groups in total. The second-order valence-electron chi connectivity index (χ2n) is 4.97. The van der Waals surface area contributed by atoms with Gasteiger partial charge in [-0.2, -0.15) is 0 Å². The van der Waals surface area contributed by atoms with Crippen molar-refractivity contribution in [1.29, 1.82) is 0 Å². The molecule has 4 nitrogen and oxygen atoms in total. The maximum absolute atomic E-state index is 11.2. The predicted octanol–water partition coefficient (Wildman–Crippen LogP) is 3.00. The second-order valence-corrected chi connectivity index (χ2v) is 5.41. The Labute approximate surface area is 117 Å². The summed E-state index contributed by atoms with van der Waals surface area (Å²) in [6.07, 6.45) is 4.12. The molecule has 2 unspecified atom stereocenters. The van der Waals surface area contributed by atoms with Crippen LogP contribution in [0.2, 0.25) is 5.02 Å². The molecule has 0 aliphatic heterocycles. The van der Waals surface area contributed by atoms with E-state index in [1.807, 2.05) is 0 Å². The summed E-state index contributed by atoms with van der Waals surface area (Å²) in [5.41, 5.74) is 0.747. The number of carboxylic acid groups (broad SMARTS) is 1. The predicted molar refractivity (Wildman–Crippen MR) is 74.9 cm³/mol. The Balaban J connectivity index is 2.21. The van der Waals surface area contributed by atoms with Gasteiger partial charge in [-0.1, -0.05) is 24.4 Å². The minimum atomic E-state index is -0.976. The molecular weight excluding hydrogens is 266 g/mol. The third-order valence-corrected chi connectivity index (χ3v) is 3.93. The van der Waals surface area contributed by atoms with Gasteiger partial charge in [0.25, 0.3) is 0 Å². The molecule has 0 heterocycles. The molecule has 19 heavy (non-hydrogen) atoms. The van der Waals surface area contributed by atoms with Gasteiger partial charge in [0, 0.05) is 23.6 Å². The first-order valence-corrected chi connectivity index (χ1v) is 6.90. The molecule has 0 radical (unpaired) electrons. The number of nitrogens with one attached hydrogen (secondary N) is 1. The molecule has 2 atom stereocenters. The van der Waals surface area contributed by atoms with E-state index in [9.17, 15) is 15.0 Å². The Kier molecular flexibility index (Phi) is 4.66. The highest BCUT2D eigenvalue weighted by atomic mass is 35.5. The number of carboxylic acids is 1. The van der Waals surface area contributed by atoms with Gasteiger partial charge in [-0.15, -0.1) is 0 Å². The Hall–Kier alpha value is -1.26. The van der Waals surface area contributed by atoms with Gasteiger partial charge in [0.2, 0.25) is 0 Å². The van der Waals surface area contributed by atoms with E-state index in [-0.39, 0.29) is 24.1 Å². The number of carbonyl (C=O) groups is 1. The maximum atomic E-state index is 11.2.